The average Bonchev–Trinajstić information content (AvgIpc) is 3.24. The molecule has 3 aromatic carbocycles. The van der Waals surface area contributed by atoms with Gasteiger partial charge in [0.1, 0.15) is 10.8 Å². The Balaban J connectivity index is 1.68. The Kier molecular flexibility index (Phi) is 5.96. The molecule has 0 radical (unpaired) electrons. The number of halogens is 1. The summed E-state index contributed by atoms with van der Waals surface area (Å²) in [7, 11) is -2.59. The highest BCUT2D eigenvalue weighted by atomic mass is 35.5. The molecule has 1 aliphatic rings. The molecule has 0 bridgehead atoms. The number of methoxy groups -OCH3 is 1. The summed E-state index contributed by atoms with van der Waals surface area (Å²) in [4.78, 5) is 23.3. The van der Waals surface area contributed by atoms with Crippen molar-refractivity contribution >= 4 is 44.6 Å². The van der Waals surface area contributed by atoms with Gasteiger partial charge in [0.25, 0.3) is 21.6 Å². The quantitative estimate of drug-likeness (QED) is 0.410. The second kappa shape index (κ2) is 8.72. The first-order valence-corrected chi connectivity index (χ1v) is 11.6. The number of nitro groups is 1. The third kappa shape index (κ3) is 4.22. The molecule has 1 N–H and O–H groups in total. The van der Waals surface area contributed by atoms with E-state index in [1.165, 1.54) is 41.7 Å². The molecular formula is C22H18ClN3O6S. The van der Waals surface area contributed by atoms with Crippen molar-refractivity contribution in [2.45, 2.75) is 11.3 Å². The van der Waals surface area contributed by atoms with Crippen LogP contribution < -0.4 is 14.4 Å². The van der Waals surface area contributed by atoms with Gasteiger partial charge in [-0.1, -0.05) is 29.8 Å². The number of hydrogen-bond acceptors (Lipinski definition) is 6. The van der Waals surface area contributed by atoms with Crippen molar-refractivity contribution in [3.8, 4) is 5.75 Å². The van der Waals surface area contributed by atoms with E-state index >= 15 is 0 Å². The van der Waals surface area contributed by atoms with Crippen LogP contribution in [0, 0.1) is 10.1 Å². The van der Waals surface area contributed by atoms with Gasteiger partial charge in [-0.15, -0.1) is 0 Å². The van der Waals surface area contributed by atoms with E-state index in [2.05, 4.69) is 5.32 Å². The predicted octanol–water partition coefficient (Wildman–Crippen LogP) is 4.26. The molecule has 11 heteroatoms. The Morgan fingerprint density at radius 3 is 2.64 bits per heavy atom. The molecule has 1 heterocycles. The Morgan fingerprint density at radius 1 is 1.15 bits per heavy atom. The van der Waals surface area contributed by atoms with E-state index in [0.717, 1.165) is 11.6 Å². The zero-order valence-electron chi connectivity index (χ0n) is 17.3. The summed E-state index contributed by atoms with van der Waals surface area (Å²) >= 11 is 5.82. The lowest BCUT2D eigenvalue weighted by molar-refractivity contribution is -0.384. The van der Waals surface area contributed by atoms with Gasteiger partial charge in [0.2, 0.25) is 0 Å². The fourth-order valence-corrected chi connectivity index (χ4v) is 5.36. The molecule has 0 saturated heterocycles. The first-order valence-electron chi connectivity index (χ1n) is 9.76. The lowest BCUT2D eigenvalue weighted by Gasteiger charge is -2.20. The number of anilines is 2. The normalized spacial score (nSPS) is 12.8. The van der Waals surface area contributed by atoms with E-state index in [1.807, 2.05) is 12.1 Å². The second-order valence-electron chi connectivity index (χ2n) is 7.20. The topological polar surface area (TPSA) is 119 Å². The van der Waals surface area contributed by atoms with Crippen LogP contribution in [0.3, 0.4) is 0 Å². The van der Waals surface area contributed by atoms with Gasteiger partial charge in [0.05, 0.1) is 28.2 Å². The first kappa shape index (κ1) is 22.6. The summed E-state index contributed by atoms with van der Waals surface area (Å²) in [5.41, 5.74) is 1.25. The number of nitrogens with zero attached hydrogens (tertiary/aromatic N) is 2. The monoisotopic (exact) mass is 487 g/mol. The minimum atomic E-state index is -3.94. The predicted molar refractivity (Wildman–Crippen MR) is 124 cm³/mol. The summed E-state index contributed by atoms with van der Waals surface area (Å²) in [5.74, 6) is -0.543. The van der Waals surface area contributed by atoms with Gasteiger partial charge < -0.3 is 10.1 Å². The summed E-state index contributed by atoms with van der Waals surface area (Å²) in [6, 6.07) is 15.1. The molecule has 9 nitrogen and oxygen atoms in total. The molecule has 33 heavy (non-hydrogen) atoms. The Morgan fingerprint density at radius 2 is 1.91 bits per heavy atom. The number of hydrogen-bond donors (Lipinski definition) is 1. The number of fused-ring (bicyclic) bond motifs is 1. The van der Waals surface area contributed by atoms with E-state index in [0.29, 0.717) is 18.7 Å². The highest BCUT2D eigenvalue weighted by Crippen LogP contribution is 2.34. The molecule has 3 aromatic rings. The zero-order chi connectivity index (χ0) is 23.8. The molecule has 1 amide bonds. The van der Waals surface area contributed by atoms with Crippen LogP contribution in [0.4, 0.5) is 17.1 Å². The number of rotatable bonds is 6. The summed E-state index contributed by atoms with van der Waals surface area (Å²) in [6.07, 6.45) is 0.592. The van der Waals surface area contributed by atoms with E-state index in [-0.39, 0.29) is 32.6 Å². The van der Waals surface area contributed by atoms with Gasteiger partial charge in [0.15, 0.2) is 0 Å². The third-order valence-electron chi connectivity index (χ3n) is 5.25. The van der Waals surface area contributed by atoms with Crippen LogP contribution in [0.5, 0.6) is 5.75 Å². The third-order valence-corrected chi connectivity index (χ3v) is 7.38. The number of carbonyl (C=O) groups excluding carboxylic acids is 1. The maximum absolute atomic E-state index is 13.4. The fraction of sp³-hybridized carbons (Fsp3) is 0.136. The van der Waals surface area contributed by atoms with Crippen LogP contribution in [-0.2, 0) is 16.4 Å². The van der Waals surface area contributed by atoms with Crippen molar-refractivity contribution < 1.29 is 22.9 Å². The molecule has 0 atom stereocenters. The van der Waals surface area contributed by atoms with Crippen molar-refractivity contribution in [3.63, 3.8) is 0 Å². The minimum absolute atomic E-state index is 0.0383. The van der Waals surface area contributed by atoms with Gasteiger partial charge in [0, 0.05) is 18.3 Å². The lowest BCUT2D eigenvalue weighted by atomic mass is 10.1. The van der Waals surface area contributed by atoms with Gasteiger partial charge in [-0.3, -0.25) is 19.2 Å². The van der Waals surface area contributed by atoms with Crippen LogP contribution >= 0.6 is 11.6 Å². The Bertz CT molecular complexity index is 1380. The van der Waals surface area contributed by atoms with Gasteiger partial charge >= 0.3 is 0 Å². The van der Waals surface area contributed by atoms with Crippen LogP contribution in [0.1, 0.15) is 15.9 Å². The maximum Gasteiger partial charge on any atom is 0.289 e. The van der Waals surface area contributed by atoms with Crippen molar-refractivity contribution in [3.05, 3.63) is 86.9 Å². The van der Waals surface area contributed by atoms with Crippen molar-refractivity contribution in [2.75, 3.05) is 23.3 Å². The molecule has 0 aliphatic carbocycles. The van der Waals surface area contributed by atoms with E-state index in [1.54, 1.807) is 12.1 Å². The molecule has 4 rings (SSSR count). The molecule has 0 unspecified atom stereocenters. The van der Waals surface area contributed by atoms with Gasteiger partial charge in [-0.25, -0.2) is 8.42 Å². The summed E-state index contributed by atoms with van der Waals surface area (Å²) in [5, 5.41) is 13.6. The molecule has 0 spiro atoms. The Hall–Kier alpha value is -3.63. The van der Waals surface area contributed by atoms with E-state index in [9.17, 15) is 23.3 Å². The molecule has 0 saturated carbocycles. The van der Waals surface area contributed by atoms with Crippen LogP contribution in [0.2, 0.25) is 5.02 Å². The lowest BCUT2D eigenvalue weighted by Crippen LogP contribution is -2.29. The number of nitro benzene ring substituents is 1. The minimum Gasteiger partial charge on any atom is -0.496 e. The molecule has 0 aromatic heterocycles. The molecule has 170 valence electrons. The van der Waals surface area contributed by atoms with Gasteiger partial charge in [-0.05, 0) is 48.4 Å². The highest BCUT2D eigenvalue weighted by Gasteiger charge is 2.31. The van der Waals surface area contributed by atoms with Crippen molar-refractivity contribution in [1.29, 1.82) is 0 Å². The SMILES string of the molecule is COc1ccc(S(=O)(=O)N2CCc3ccccc32)cc1C(=O)Nc1ccc(Cl)c([N+](=O)[O-])c1. The van der Waals surface area contributed by atoms with Crippen molar-refractivity contribution in [2.24, 2.45) is 0 Å². The number of benzene rings is 3. The smallest absolute Gasteiger partial charge is 0.289 e. The highest BCUT2D eigenvalue weighted by molar-refractivity contribution is 7.92. The number of nitrogens with one attached hydrogen (secondary N) is 1. The summed E-state index contributed by atoms with van der Waals surface area (Å²) in [6.45, 7) is 0.295. The zero-order valence-corrected chi connectivity index (χ0v) is 18.9. The maximum atomic E-state index is 13.4. The molecule has 0 fully saturated rings. The number of ether oxygens (including phenoxy) is 1. The number of amides is 1. The number of sulfonamides is 1. The van der Waals surface area contributed by atoms with Crippen LogP contribution in [0.25, 0.3) is 0 Å². The van der Waals surface area contributed by atoms with Gasteiger partial charge in [-0.2, -0.15) is 0 Å². The Labute approximate surface area is 194 Å². The standard InChI is InChI=1S/C22H18ClN3O6S/c1-32-21-9-7-16(33(30,31)25-11-10-14-4-2-3-5-19(14)25)13-17(21)22(27)24-15-6-8-18(23)20(12-15)26(28)29/h2-9,12-13H,10-11H2,1H3,(H,24,27). The number of carbonyl (C=O) groups is 1. The fourth-order valence-electron chi connectivity index (χ4n) is 3.64. The number of para-hydroxylation sites is 1. The first-order chi connectivity index (χ1) is 15.7. The van der Waals surface area contributed by atoms with Crippen LogP contribution in [0.15, 0.2) is 65.6 Å². The molecule has 1 aliphatic heterocycles. The molecular weight excluding hydrogens is 470 g/mol. The summed E-state index contributed by atoms with van der Waals surface area (Å²) < 4.78 is 33.3. The van der Waals surface area contributed by atoms with E-state index in [4.69, 9.17) is 16.3 Å². The average molecular weight is 488 g/mol. The largest absolute Gasteiger partial charge is 0.496 e. The second-order valence-corrected chi connectivity index (χ2v) is 9.46. The van der Waals surface area contributed by atoms with Crippen molar-refractivity contribution in [1.82, 2.24) is 0 Å². The van der Waals surface area contributed by atoms with Crippen LogP contribution in [-0.4, -0.2) is 32.9 Å². The van der Waals surface area contributed by atoms with E-state index < -0.39 is 20.9 Å².